The van der Waals surface area contributed by atoms with Crippen LogP contribution in [-0.2, 0) is 0 Å². The van der Waals surface area contributed by atoms with Crippen molar-refractivity contribution >= 4 is 38.6 Å². The maximum absolute atomic E-state index is 15.1. The number of aliphatic hydroxyl groups excluding tert-OH is 1. The molecule has 5 rings (SSSR count). The molecule has 3 aromatic rings. The van der Waals surface area contributed by atoms with E-state index in [1.165, 1.54) is 6.33 Å². The van der Waals surface area contributed by atoms with Gasteiger partial charge < -0.3 is 15.3 Å². The third-order valence-corrected chi connectivity index (χ3v) is 7.15. The number of benzene rings is 1. The summed E-state index contributed by atoms with van der Waals surface area (Å²) in [5.74, 6) is 1.88. The third kappa shape index (κ3) is 4.80. The van der Waals surface area contributed by atoms with Crippen molar-refractivity contribution in [2.45, 2.75) is 37.6 Å². The average Bonchev–Trinajstić information content (AvgIpc) is 3.37. The number of aromatic amines is 1. The van der Waals surface area contributed by atoms with Crippen molar-refractivity contribution < 1.29 is 9.50 Å². The van der Waals surface area contributed by atoms with Gasteiger partial charge in [0.2, 0.25) is 5.95 Å². The number of β-amino-alcohol motifs (C(OH)–C–C–N with tert-alkyl or cyclic N) is 1. The van der Waals surface area contributed by atoms with Gasteiger partial charge in [-0.15, -0.1) is 0 Å². The summed E-state index contributed by atoms with van der Waals surface area (Å²) in [6.07, 6.45) is 5.55. The monoisotopic (exact) mass is 518 g/mol. The molecule has 2 saturated heterocycles. The van der Waals surface area contributed by atoms with Crippen LogP contribution >= 0.6 is 15.9 Å². The lowest BCUT2D eigenvalue weighted by Crippen LogP contribution is -2.43. The number of aromatic nitrogens is 5. The molecule has 0 amide bonds. The molecule has 0 bridgehead atoms. The van der Waals surface area contributed by atoms with Crippen molar-refractivity contribution in [3.63, 3.8) is 0 Å². The SMILES string of the molecule is OCCN1CCC[C@@H](Nc2nc(N3CCCC(c4ncn[nH]4)C3)c3ccc(Br)c(F)c3n2)C1. The van der Waals surface area contributed by atoms with Crippen LogP contribution < -0.4 is 10.2 Å². The quantitative estimate of drug-likeness (QED) is 0.457. The van der Waals surface area contributed by atoms with Crippen LogP contribution in [0.15, 0.2) is 22.9 Å². The summed E-state index contributed by atoms with van der Waals surface area (Å²) in [7, 11) is 0. The maximum Gasteiger partial charge on any atom is 0.225 e. The van der Waals surface area contributed by atoms with Gasteiger partial charge in [-0.2, -0.15) is 10.1 Å². The number of likely N-dealkylation sites (tertiary alicyclic amines) is 1. The van der Waals surface area contributed by atoms with Gasteiger partial charge in [-0.25, -0.2) is 14.4 Å². The number of aliphatic hydroxyl groups is 1. The molecule has 176 valence electrons. The predicted octanol–water partition coefficient (Wildman–Crippen LogP) is 2.90. The highest BCUT2D eigenvalue weighted by Gasteiger charge is 2.27. The Balaban J connectivity index is 1.47. The Morgan fingerprint density at radius 2 is 2.06 bits per heavy atom. The highest BCUT2D eigenvalue weighted by atomic mass is 79.9. The maximum atomic E-state index is 15.1. The summed E-state index contributed by atoms with van der Waals surface area (Å²) in [5, 5.41) is 20.4. The van der Waals surface area contributed by atoms with Gasteiger partial charge in [0.1, 0.15) is 23.5 Å². The first-order valence-corrected chi connectivity index (χ1v) is 12.3. The van der Waals surface area contributed by atoms with Crippen molar-refractivity contribution in [1.82, 2.24) is 30.0 Å². The Morgan fingerprint density at radius 3 is 2.88 bits per heavy atom. The molecule has 2 aliphatic heterocycles. The van der Waals surface area contributed by atoms with Gasteiger partial charge in [-0.1, -0.05) is 0 Å². The van der Waals surface area contributed by atoms with Crippen LogP contribution in [0.2, 0.25) is 0 Å². The zero-order valence-corrected chi connectivity index (χ0v) is 19.9. The van der Waals surface area contributed by atoms with Gasteiger partial charge >= 0.3 is 0 Å². The van der Waals surface area contributed by atoms with Crippen LogP contribution in [0.3, 0.4) is 0 Å². The van der Waals surface area contributed by atoms with E-state index < -0.39 is 0 Å². The second-order valence-electron chi connectivity index (χ2n) is 8.79. The van der Waals surface area contributed by atoms with Crippen LogP contribution in [0, 0.1) is 5.82 Å². The Kier molecular flexibility index (Phi) is 6.70. The number of H-pyrrole nitrogens is 1. The van der Waals surface area contributed by atoms with Gasteiger partial charge in [-0.3, -0.25) is 10.00 Å². The molecule has 33 heavy (non-hydrogen) atoms. The Labute approximate surface area is 199 Å². The van der Waals surface area contributed by atoms with Gasteiger partial charge in [0.05, 0.1) is 11.1 Å². The minimum atomic E-state index is -0.381. The molecule has 0 radical (unpaired) electrons. The molecule has 1 unspecified atom stereocenters. The molecule has 1 aromatic carbocycles. The molecule has 11 heteroatoms. The Hall–Kier alpha value is -2.37. The fourth-order valence-corrected chi connectivity index (χ4v) is 5.25. The summed E-state index contributed by atoms with van der Waals surface area (Å²) in [5.41, 5.74) is 0.307. The molecule has 2 atom stereocenters. The number of rotatable bonds is 6. The third-order valence-electron chi connectivity index (χ3n) is 6.54. The average molecular weight is 519 g/mol. The van der Waals surface area contributed by atoms with E-state index in [1.807, 2.05) is 6.07 Å². The number of piperidine rings is 2. The number of nitrogens with zero attached hydrogens (tertiary/aromatic N) is 6. The van der Waals surface area contributed by atoms with Crippen molar-refractivity contribution in [3.05, 3.63) is 34.6 Å². The summed E-state index contributed by atoms with van der Waals surface area (Å²) < 4.78 is 15.5. The van der Waals surface area contributed by atoms with Crippen LogP contribution in [0.4, 0.5) is 16.2 Å². The standard InChI is InChI=1S/C22H28BrFN8O/c23-17-6-5-16-19(18(17)24)28-22(27-15-4-2-7-31(12-15)9-10-33)29-21(16)32-8-1-3-14(11-32)20-25-13-26-30-20/h5-6,13-15,33H,1-4,7-12H2,(H,25,26,30)(H,27,28,29)/t14?,15-/m1/s1. The minimum absolute atomic E-state index is 0.143. The van der Waals surface area contributed by atoms with Crippen molar-refractivity contribution in [3.8, 4) is 0 Å². The van der Waals surface area contributed by atoms with Crippen LogP contribution in [0.1, 0.15) is 37.4 Å². The second kappa shape index (κ2) is 9.86. The molecular formula is C22H28BrFN8O. The molecule has 0 spiro atoms. The van der Waals surface area contributed by atoms with Crippen LogP contribution in [0.5, 0.6) is 0 Å². The first kappa shape index (κ1) is 22.4. The van der Waals surface area contributed by atoms with Gasteiger partial charge in [0.25, 0.3) is 0 Å². The Morgan fingerprint density at radius 1 is 1.18 bits per heavy atom. The van der Waals surface area contributed by atoms with Crippen LogP contribution in [0.25, 0.3) is 10.9 Å². The number of halogens is 2. The highest BCUT2D eigenvalue weighted by molar-refractivity contribution is 9.10. The summed E-state index contributed by atoms with van der Waals surface area (Å²) in [6, 6.07) is 3.74. The van der Waals surface area contributed by atoms with E-state index in [1.54, 1.807) is 6.07 Å². The number of fused-ring (bicyclic) bond motifs is 1. The van der Waals surface area contributed by atoms with Gasteiger partial charge in [0.15, 0.2) is 5.82 Å². The van der Waals surface area contributed by atoms with E-state index in [9.17, 15) is 5.11 Å². The lowest BCUT2D eigenvalue weighted by atomic mass is 9.97. The molecule has 4 heterocycles. The van der Waals surface area contributed by atoms with Gasteiger partial charge in [0, 0.05) is 43.5 Å². The largest absolute Gasteiger partial charge is 0.395 e. The first-order chi connectivity index (χ1) is 16.1. The van der Waals surface area contributed by atoms with Crippen molar-refractivity contribution in [2.24, 2.45) is 0 Å². The lowest BCUT2D eigenvalue weighted by Gasteiger charge is -2.34. The minimum Gasteiger partial charge on any atom is -0.395 e. The number of hydrogen-bond donors (Lipinski definition) is 3. The molecule has 2 aromatic heterocycles. The fraction of sp³-hybridized carbons (Fsp3) is 0.545. The summed E-state index contributed by atoms with van der Waals surface area (Å²) >= 11 is 3.30. The smallest absolute Gasteiger partial charge is 0.225 e. The first-order valence-electron chi connectivity index (χ1n) is 11.5. The predicted molar refractivity (Wildman–Crippen MR) is 128 cm³/mol. The molecule has 3 N–H and O–H groups in total. The van der Waals surface area contributed by atoms with E-state index in [0.717, 1.165) is 63.5 Å². The van der Waals surface area contributed by atoms with E-state index in [0.29, 0.717) is 27.9 Å². The zero-order valence-electron chi connectivity index (χ0n) is 18.3. The van der Waals surface area contributed by atoms with E-state index >= 15 is 4.39 Å². The topological polar surface area (TPSA) is 106 Å². The normalized spacial score (nSPS) is 22.1. The van der Waals surface area contributed by atoms with Crippen LogP contribution in [-0.4, -0.2) is 80.5 Å². The molecule has 0 aliphatic carbocycles. The highest BCUT2D eigenvalue weighted by Crippen LogP contribution is 2.34. The van der Waals surface area contributed by atoms with E-state index in [2.05, 4.69) is 51.2 Å². The number of hydrogen-bond acceptors (Lipinski definition) is 8. The summed E-state index contributed by atoms with van der Waals surface area (Å²) in [4.78, 5) is 18.2. The van der Waals surface area contributed by atoms with Crippen molar-refractivity contribution in [2.75, 3.05) is 49.5 Å². The molecule has 2 aliphatic rings. The van der Waals surface area contributed by atoms with E-state index in [4.69, 9.17) is 4.98 Å². The fourth-order valence-electron chi connectivity index (χ4n) is 4.93. The second-order valence-corrected chi connectivity index (χ2v) is 9.65. The Bertz CT molecular complexity index is 1100. The molecule has 2 fully saturated rings. The number of nitrogens with one attached hydrogen (secondary N) is 2. The molecular weight excluding hydrogens is 491 g/mol. The number of anilines is 2. The van der Waals surface area contributed by atoms with Crippen molar-refractivity contribution in [1.29, 1.82) is 0 Å². The van der Waals surface area contributed by atoms with Gasteiger partial charge in [-0.05, 0) is 60.3 Å². The summed E-state index contributed by atoms with van der Waals surface area (Å²) in [6.45, 7) is 4.13. The molecule has 9 nitrogen and oxygen atoms in total. The zero-order chi connectivity index (χ0) is 22.8. The lowest BCUT2D eigenvalue weighted by molar-refractivity contribution is 0.166. The van der Waals surface area contributed by atoms with E-state index in [-0.39, 0.29) is 24.4 Å². The molecule has 0 saturated carbocycles.